The highest BCUT2D eigenvalue weighted by atomic mass is 32.2. The minimum Gasteiger partial charge on any atom is -0.347 e. The maximum atomic E-state index is 12.4. The van der Waals surface area contributed by atoms with Crippen LogP contribution in [-0.2, 0) is 14.8 Å². The zero-order valence-corrected chi connectivity index (χ0v) is 16.5. The summed E-state index contributed by atoms with van der Waals surface area (Å²) in [4.78, 5) is 24.5. The Morgan fingerprint density at radius 1 is 1.08 bits per heavy atom. The average Bonchev–Trinajstić information content (AvgIpc) is 2.53. The minimum atomic E-state index is -3.20. The van der Waals surface area contributed by atoms with Gasteiger partial charge in [-0.15, -0.1) is 0 Å². The highest BCUT2D eigenvalue weighted by Crippen LogP contribution is 2.21. The first kappa shape index (κ1) is 20.4. The molecule has 26 heavy (non-hydrogen) atoms. The predicted octanol–water partition coefficient (Wildman–Crippen LogP) is 1.82. The van der Waals surface area contributed by atoms with Gasteiger partial charge in [0.1, 0.15) is 0 Å². The molecule has 0 bridgehead atoms. The molecule has 8 heteroatoms. The van der Waals surface area contributed by atoms with Gasteiger partial charge in [-0.3, -0.25) is 9.59 Å². The Labute approximate surface area is 155 Å². The van der Waals surface area contributed by atoms with Gasteiger partial charge in [-0.2, -0.15) is 0 Å². The summed E-state index contributed by atoms with van der Waals surface area (Å²) in [6, 6.07) is 6.73. The number of hydrogen-bond donors (Lipinski definition) is 2. The molecule has 0 saturated carbocycles. The number of rotatable bonds is 4. The summed E-state index contributed by atoms with van der Waals surface area (Å²) in [7, 11) is -3.20. The normalized spacial score (nSPS) is 16.9. The molecule has 1 aliphatic heterocycles. The number of sulfonamides is 1. The molecule has 0 aromatic heterocycles. The first-order chi connectivity index (χ1) is 12.0. The fourth-order valence-electron chi connectivity index (χ4n) is 2.81. The van der Waals surface area contributed by atoms with Gasteiger partial charge in [-0.05, 0) is 57.9 Å². The fourth-order valence-corrected chi connectivity index (χ4v) is 3.69. The van der Waals surface area contributed by atoms with Gasteiger partial charge in [0.25, 0.3) is 5.91 Å². The molecule has 1 aromatic rings. The molecule has 0 spiro atoms. The van der Waals surface area contributed by atoms with Gasteiger partial charge < -0.3 is 10.6 Å². The van der Waals surface area contributed by atoms with Crippen LogP contribution in [0.2, 0.25) is 0 Å². The van der Waals surface area contributed by atoms with E-state index < -0.39 is 10.0 Å². The topological polar surface area (TPSA) is 95.6 Å². The lowest BCUT2D eigenvalue weighted by molar-refractivity contribution is -0.120. The zero-order valence-electron chi connectivity index (χ0n) is 15.7. The number of hydrogen-bond acceptors (Lipinski definition) is 4. The first-order valence-corrected chi connectivity index (χ1v) is 10.5. The Hall–Kier alpha value is -1.93. The van der Waals surface area contributed by atoms with E-state index in [2.05, 4.69) is 10.6 Å². The molecule has 2 N–H and O–H groups in total. The van der Waals surface area contributed by atoms with Crippen molar-refractivity contribution >= 4 is 27.5 Å². The second-order valence-electron chi connectivity index (χ2n) is 7.71. The maximum Gasteiger partial charge on any atom is 0.251 e. The van der Waals surface area contributed by atoms with Crippen LogP contribution in [0.15, 0.2) is 24.3 Å². The van der Waals surface area contributed by atoms with E-state index in [-0.39, 0.29) is 23.3 Å². The largest absolute Gasteiger partial charge is 0.347 e. The Morgan fingerprint density at radius 3 is 2.08 bits per heavy atom. The van der Waals surface area contributed by atoms with E-state index in [1.807, 2.05) is 20.8 Å². The van der Waals surface area contributed by atoms with E-state index in [9.17, 15) is 18.0 Å². The lowest BCUT2D eigenvalue weighted by Gasteiger charge is -2.29. The van der Waals surface area contributed by atoms with Crippen molar-refractivity contribution in [3.8, 4) is 0 Å². The van der Waals surface area contributed by atoms with Crippen molar-refractivity contribution in [3.05, 3.63) is 29.8 Å². The molecule has 1 saturated heterocycles. The third kappa shape index (κ3) is 5.81. The van der Waals surface area contributed by atoms with E-state index in [1.165, 1.54) is 10.6 Å². The smallest absolute Gasteiger partial charge is 0.251 e. The Balaban J connectivity index is 1.91. The predicted molar refractivity (Wildman–Crippen MR) is 101 cm³/mol. The molecule has 2 amide bonds. The van der Waals surface area contributed by atoms with Crippen molar-refractivity contribution in [3.63, 3.8) is 0 Å². The molecular formula is C18H27N3O4S. The van der Waals surface area contributed by atoms with Crippen LogP contribution in [0.1, 0.15) is 44.0 Å². The highest BCUT2D eigenvalue weighted by molar-refractivity contribution is 7.88. The maximum absolute atomic E-state index is 12.4. The van der Waals surface area contributed by atoms with Crippen molar-refractivity contribution in [1.82, 2.24) is 9.62 Å². The highest BCUT2D eigenvalue weighted by Gasteiger charge is 2.29. The molecule has 1 heterocycles. The second kappa shape index (κ2) is 7.75. The Kier molecular flexibility index (Phi) is 6.08. The van der Waals surface area contributed by atoms with Gasteiger partial charge in [-0.25, -0.2) is 12.7 Å². The summed E-state index contributed by atoms with van der Waals surface area (Å²) in [5.41, 5.74) is 0.831. The van der Waals surface area contributed by atoms with Crippen molar-refractivity contribution in [2.24, 2.45) is 5.92 Å². The van der Waals surface area contributed by atoms with Crippen LogP contribution in [0.4, 0.5) is 5.69 Å². The summed E-state index contributed by atoms with van der Waals surface area (Å²) < 4.78 is 24.4. The summed E-state index contributed by atoms with van der Waals surface area (Å²) in [5.74, 6) is -0.495. The van der Waals surface area contributed by atoms with Crippen LogP contribution in [0.3, 0.4) is 0 Å². The number of carbonyl (C=O) groups excluding carboxylic acids is 2. The third-order valence-electron chi connectivity index (χ3n) is 4.20. The Morgan fingerprint density at radius 2 is 1.62 bits per heavy atom. The monoisotopic (exact) mass is 381 g/mol. The van der Waals surface area contributed by atoms with Crippen LogP contribution >= 0.6 is 0 Å². The number of piperidine rings is 1. The van der Waals surface area contributed by atoms with Gasteiger partial charge in [0.15, 0.2) is 0 Å². The molecule has 1 aliphatic rings. The first-order valence-electron chi connectivity index (χ1n) is 8.64. The van der Waals surface area contributed by atoms with Gasteiger partial charge in [0.05, 0.1) is 6.26 Å². The van der Waals surface area contributed by atoms with Crippen molar-refractivity contribution in [2.45, 2.75) is 39.2 Å². The minimum absolute atomic E-state index is 0.120. The standard InChI is InChI=1S/C18H27N3O4S/c1-18(2,3)20-17(23)13-5-7-15(8-6-13)19-16(22)14-9-11-21(12-10-14)26(4,24)25/h5-8,14H,9-12H2,1-4H3,(H,19,22)(H,20,23). The summed E-state index contributed by atoms with van der Waals surface area (Å²) >= 11 is 0. The van der Waals surface area contributed by atoms with Crippen LogP contribution in [0.5, 0.6) is 0 Å². The molecule has 0 unspecified atom stereocenters. The molecule has 7 nitrogen and oxygen atoms in total. The van der Waals surface area contributed by atoms with Crippen LogP contribution in [0, 0.1) is 5.92 Å². The number of benzene rings is 1. The lowest BCUT2D eigenvalue weighted by atomic mass is 9.97. The fraction of sp³-hybridized carbons (Fsp3) is 0.556. The lowest BCUT2D eigenvalue weighted by Crippen LogP contribution is -2.41. The number of anilines is 1. The number of nitrogens with zero attached hydrogens (tertiary/aromatic N) is 1. The number of nitrogens with one attached hydrogen (secondary N) is 2. The van der Waals surface area contributed by atoms with Crippen molar-refractivity contribution in [2.75, 3.05) is 24.7 Å². The molecule has 0 atom stereocenters. The van der Waals surface area contributed by atoms with Gasteiger partial charge in [-0.1, -0.05) is 0 Å². The van der Waals surface area contributed by atoms with Crippen LogP contribution in [0.25, 0.3) is 0 Å². The van der Waals surface area contributed by atoms with E-state index in [0.717, 1.165) is 0 Å². The van der Waals surface area contributed by atoms with Gasteiger partial charge in [0, 0.05) is 35.8 Å². The van der Waals surface area contributed by atoms with Crippen molar-refractivity contribution in [1.29, 1.82) is 0 Å². The van der Waals surface area contributed by atoms with Gasteiger partial charge >= 0.3 is 0 Å². The molecule has 1 fully saturated rings. The molecule has 0 aliphatic carbocycles. The third-order valence-corrected chi connectivity index (χ3v) is 5.50. The van der Waals surface area contributed by atoms with E-state index in [0.29, 0.717) is 37.2 Å². The zero-order chi connectivity index (χ0) is 19.5. The second-order valence-corrected chi connectivity index (χ2v) is 9.69. The molecule has 144 valence electrons. The van der Waals surface area contributed by atoms with E-state index in [1.54, 1.807) is 24.3 Å². The molecule has 2 rings (SSSR count). The Bertz CT molecular complexity index is 759. The molecule has 0 radical (unpaired) electrons. The molecule has 1 aromatic carbocycles. The summed E-state index contributed by atoms with van der Waals surface area (Å²) in [6.07, 6.45) is 2.20. The average molecular weight is 381 g/mol. The van der Waals surface area contributed by atoms with Crippen molar-refractivity contribution < 1.29 is 18.0 Å². The van der Waals surface area contributed by atoms with Gasteiger partial charge in [0.2, 0.25) is 15.9 Å². The van der Waals surface area contributed by atoms with E-state index >= 15 is 0 Å². The van der Waals surface area contributed by atoms with Crippen LogP contribution in [-0.4, -0.2) is 49.4 Å². The van der Waals surface area contributed by atoms with Crippen LogP contribution < -0.4 is 10.6 Å². The number of amides is 2. The number of carbonyl (C=O) groups is 2. The SMILES string of the molecule is CC(C)(C)NC(=O)c1ccc(NC(=O)C2CCN(S(C)(=O)=O)CC2)cc1. The molecular weight excluding hydrogens is 354 g/mol. The quantitative estimate of drug-likeness (QED) is 0.832. The summed E-state index contributed by atoms with van der Waals surface area (Å²) in [5, 5.41) is 5.72. The summed E-state index contributed by atoms with van der Waals surface area (Å²) in [6.45, 7) is 6.46. The van der Waals surface area contributed by atoms with E-state index in [4.69, 9.17) is 0 Å².